The molecule has 1 N–H and O–H groups in total. The van der Waals surface area contributed by atoms with Crippen LogP contribution in [0.4, 0.5) is 10.5 Å². The van der Waals surface area contributed by atoms with Crippen LogP contribution in [0.3, 0.4) is 0 Å². The Morgan fingerprint density at radius 1 is 1.36 bits per heavy atom. The summed E-state index contributed by atoms with van der Waals surface area (Å²) in [4.78, 5) is 16.5. The number of hydrogen-bond donors (Lipinski definition) is 1. The van der Waals surface area contributed by atoms with Crippen LogP contribution in [0.2, 0.25) is 0 Å². The third-order valence-electron chi connectivity index (χ3n) is 4.76. The van der Waals surface area contributed by atoms with Gasteiger partial charge in [0, 0.05) is 32.4 Å². The lowest BCUT2D eigenvalue weighted by molar-refractivity contribution is 0.203. The molecule has 1 atom stereocenters. The normalized spacial score (nSPS) is 19.1. The van der Waals surface area contributed by atoms with Gasteiger partial charge in [-0.1, -0.05) is 12.1 Å². The van der Waals surface area contributed by atoms with Crippen LogP contribution in [0, 0.1) is 5.92 Å². The summed E-state index contributed by atoms with van der Waals surface area (Å²) in [5, 5.41) is 3.12. The highest BCUT2D eigenvalue weighted by molar-refractivity contribution is 5.74. The third-order valence-corrected chi connectivity index (χ3v) is 4.76. The van der Waals surface area contributed by atoms with Gasteiger partial charge in [-0.3, -0.25) is 0 Å². The molecule has 22 heavy (non-hydrogen) atoms. The van der Waals surface area contributed by atoms with E-state index in [9.17, 15) is 4.79 Å². The van der Waals surface area contributed by atoms with Crippen molar-refractivity contribution in [1.29, 1.82) is 0 Å². The van der Waals surface area contributed by atoms with E-state index in [-0.39, 0.29) is 12.1 Å². The fourth-order valence-corrected chi connectivity index (χ4v) is 3.12. The molecule has 120 valence electrons. The summed E-state index contributed by atoms with van der Waals surface area (Å²) in [6.07, 6.45) is 5.10. The van der Waals surface area contributed by atoms with Gasteiger partial charge in [0.2, 0.25) is 0 Å². The number of nitrogens with one attached hydrogen (secondary N) is 1. The maximum atomic E-state index is 12.2. The standard InChI is InChI=1S/C18H27N3O/c1-14(19-18(22)20(2)13-15-8-9-15)16-6-5-7-17(12-16)21-10-3-4-11-21/h5-7,12,14-15H,3-4,8-11,13H2,1-2H3,(H,19,22). The van der Waals surface area contributed by atoms with Crippen LogP contribution in [0.1, 0.15) is 44.2 Å². The Balaban J connectivity index is 1.59. The maximum absolute atomic E-state index is 12.2. The minimum atomic E-state index is 0.0333. The number of carbonyl (C=O) groups is 1. The van der Waals surface area contributed by atoms with Crippen LogP contribution in [-0.4, -0.2) is 37.6 Å². The lowest BCUT2D eigenvalue weighted by Gasteiger charge is -2.23. The van der Waals surface area contributed by atoms with Crippen LogP contribution >= 0.6 is 0 Å². The molecular formula is C18H27N3O. The largest absolute Gasteiger partial charge is 0.372 e. The highest BCUT2D eigenvalue weighted by Crippen LogP contribution is 2.29. The van der Waals surface area contributed by atoms with Crippen molar-refractivity contribution < 1.29 is 4.79 Å². The fraction of sp³-hybridized carbons (Fsp3) is 0.611. The molecule has 0 radical (unpaired) electrons. The first-order valence-electron chi connectivity index (χ1n) is 8.50. The Hall–Kier alpha value is -1.71. The van der Waals surface area contributed by atoms with Gasteiger partial charge in [0.15, 0.2) is 0 Å². The van der Waals surface area contributed by atoms with E-state index in [2.05, 4.69) is 41.4 Å². The molecule has 0 aromatic heterocycles. The zero-order chi connectivity index (χ0) is 15.5. The quantitative estimate of drug-likeness (QED) is 0.904. The zero-order valence-corrected chi connectivity index (χ0v) is 13.7. The average molecular weight is 301 g/mol. The van der Waals surface area contributed by atoms with E-state index >= 15 is 0 Å². The lowest BCUT2D eigenvalue weighted by Crippen LogP contribution is -2.39. The topological polar surface area (TPSA) is 35.6 Å². The third kappa shape index (κ3) is 3.73. The second-order valence-electron chi connectivity index (χ2n) is 6.78. The highest BCUT2D eigenvalue weighted by Gasteiger charge is 2.25. The molecule has 1 aliphatic carbocycles. The maximum Gasteiger partial charge on any atom is 0.317 e. The van der Waals surface area contributed by atoms with E-state index in [0.29, 0.717) is 0 Å². The Morgan fingerprint density at radius 3 is 2.77 bits per heavy atom. The Kier molecular flexibility index (Phi) is 4.55. The van der Waals surface area contributed by atoms with Crippen molar-refractivity contribution in [1.82, 2.24) is 10.2 Å². The molecule has 2 amide bonds. The van der Waals surface area contributed by atoms with E-state index in [1.807, 2.05) is 11.9 Å². The minimum absolute atomic E-state index is 0.0333. The molecule has 1 aromatic carbocycles. The summed E-state index contributed by atoms with van der Waals surface area (Å²) in [6, 6.07) is 8.66. The second kappa shape index (κ2) is 6.59. The van der Waals surface area contributed by atoms with Crippen molar-refractivity contribution >= 4 is 11.7 Å². The van der Waals surface area contributed by atoms with E-state index in [0.717, 1.165) is 25.6 Å². The Labute approximate surface area is 133 Å². The molecule has 0 spiro atoms. The number of anilines is 1. The van der Waals surface area contributed by atoms with Crippen LogP contribution in [0.5, 0.6) is 0 Å². The van der Waals surface area contributed by atoms with Gasteiger partial charge in [-0.25, -0.2) is 4.79 Å². The van der Waals surface area contributed by atoms with E-state index in [1.165, 1.54) is 36.9 Å². The number of hydrogen-bond acceptors (Lipinski definition) is 2. The van der Waals surface area contributed by atoms with Crippen LogP contribution in [-0.2, 0) is 0 Å². The number of urea groups is 1. The first-order valence-corrected chi connectivity index (χ1v) is 8.50. The summed E-state index contributed by atoms with van der Waals surface area (Å²) in [5.74, 6) is 0.726. The first kappa shape index (κ1) is 15.2. The number of nitrogens with zero attached hydrogens (tertiary/aromatic N) is 2. The van der Waals surface area contributed by atoms with Crippen molar-refractivity contribution in [2.45, 2.75) is 38.6 Å². The Bertz CT molecular complexity index is 521. The second-order valence-corrected chi connectivity index (χ2v) is 6.78. The van der Waals surface area contributed by atoms with Gasteiger partial charge >= 0.3 is 6.03 Å². The smallest absolute Gasteiger partial charge is 0.317 e. The molecule has 1 saturated heterocycles. The van der Waals surface area contributed by atoms with Crippen LogP contribution in [0.15, 0.2) is 24.3 Å². The predicted octanol–water partition coefficient (Wildman–Crippen LogP) is 3.40. The SMILES string of the molecule is CC(NC(=O)N(C)CC1CC1)c1cccc(N2CCCC2)c1. The molecule has 0 bridgehead atoms. The Morgan fingerprint density at radius 2 is 2.09 bits per heavy atom. The molecule has 3 rings (SSSR count). The fourth-order valence-electron chi connectivity index (χ4n) is 3.12. The summed E-state index contributed by atoms with van der Waals surface area (Å²) < 4.78 is 0. The summed E-state index contributed by atoms with van der Waals surface area (Å²) >= 11 is 0. The molecular weight excluding hydrogens is 274 g/mol. The van der Waals surface area contributed by atoms with Crippen molar-refractivity contribution in [3.8, 4) is 0 Å². The van der Waals surface area contributed by atoms with Crippen molar-refractivity contribution in [3.63, 3.8) is 0 Å². The van der Waals surface area contributed by atoms with Gasteiger partial charge in [-0.05, 0) is 56.2 Å². The van der Waals surface area contributed by atoms with E-state index < -0.39 is 0 Å². The van der Waals surface area contributed by atoms with Crippen LogP contribution in [0.25, 0.3) is 0 Å². The number of amides is 2. The molecule has 1 saturated carbocycles. The summed E-state index contributed by atoms with van der Waals surface area (Å²) in [7, 11) is 1.89. The van der Waals surface area contributed by atoms with Gasteiger partial charge in [-0.2, -0.15) is 0 Å². The molecule has 4 nitrogen and oxygen atoms in total. The first-order chi connectivity index (χ1) is 10.6. The van der Waals surface area contributed by atoms with Gasteiger partial charge in [0.1, 0.15) is 0 Å². The monoisotopic (exact) mass is 301 g/mol. The predicted molar refractivity (Wildman–Crippen MR) is 90.2 cm³/mol. The van der Waals surface area contributed by atoms with Crippen molar-refractivity contribution in [2.75, 3.05) is 31.6 Å². The molecule has 4 heteroatoms. The lowest BCUT2D eigenvalue weighted by atomic mass is 10.1. The molecule has 1 aromatic rings. The van der Waals surface area contributed by atoms with Crippen molar-refractivity contribution in [3.05, 3.63) is 29.8 Å². The molecule has 2 aliphatic rings. The highest BCUT2D eigenvalue weighted by atomic mass is 16.2. The summed E-state index contributed by atoms with van der Waals surface area (Å²) in [5.41, 5.74) is 2.46. The van der Waals surface area contributed by atoms with E-state index in [1.54, 1.807) is 0 Å². The number of benzene rings is 1. The van der Waals surface area contributed by atoms with Crippen molar-refractivity contribution in [2.24, 2.45) is 5.92 Å². The van der Waals surface area contributed by atoms with Crippen LogP contribution < -0.4 is 10.2 Å². The van der Waals surface area contributed by atoms with E-state index in [4.69, 9.17) is 0 Å². The summed E-state index contributed by atoms with van der Waals surface area (Å²) in [6.45, 7) is 5.24. The van der Waals surface area contributed by atoms with Gasteiger partial charge in [-0.15, -0.1) is 0 Å². The number of rotatable bonds is 5. The zero-order valence-electron chi connectivity index (χ0n) is 13.7. The average Bonchev–Trinajstić information content (AvgIpc) is 3.16. The minimum Gasteiger partial charge on any atom is -0.372 e. The van der Waals surface area contributed by atoms with Gasteiger partial charge in [0.25, 0.3) is 0 Å². The number of carbonyl (C=O) groups excluding carboxylic acids is 1. The molecule has 1 heterocycles. The molecule has 1 aliphatic heterocycles. The molecule has 1 unspecified atom stereocenters. The van der Waals surface area contributed by atoms with Gasteiger partial charge in [0.05, 0.1) is 6.04 Å². The molecule has 2 fully saturated rings. The van der Waals surface area contributed by atoms with Gasteiger partial charge < -0.3 is 15.1 Å².